The van der Waals surface area contributed by atoms with Crippen LogP contribution in [0.2, 0.25) is 0 Å². The van der Waals surface area contributed by atoms with Crippen LogP contribution >= 0.6 is 0 Å². The topological polar surface area (TPSA) is 37.6 Å². The average molecular weight is 252 g/mol. The summed E-state index contributed by atoms with van der Waals surface area (Å²) in [6.07, 6.45) is 4.27. The lowest BCUT2D eigenvalue weighted by atomic mass is 10.0. The van der Waals surface area contributed by atoms with Crippen molar-refractivity contribution >= 4 is 0 Å². The lowest BCUT2D eigenvalue weighted by Crippen LogP contribution is -2.30. The van der Waals surface area contributed by atoms with Gasteiger partial charge in [0.25, 0.3) is 0 Å². The molecule has 0 aliphatic carbocycles. The summed E-state index contributed by atoms with van der Waals surface area (Å²) in [7, 11) is 4.11. The highest BCUT2D eigenvalue weighted by Gasteiger charge is 2.17. The minimum Gasteiger partial charge on any atom is -0.468 e. The van der Waals surface area contributed by atoms with Crippen LogP contribution in [0.15, 0.2) is 16.7 Å². The molecule has 0 radical (unpaired) electrons. The highest BCUT2D eigenvalue weighted by Crippen LogP contribution is 2.17. The van der Waals surface area contributed by atoms with Crippen LogP contribution in [0.3, 0.4) is 0 Å². The fraction of sp³-hybridized carbons (Fsp3) is 0.714. The van der Waals surface area contributed by atoms with E-state index < -0.39 is 0 Å². The van der Waals surface area contributed by atoms with Crippen LogP contribution in [0, 0.1) is 5.92 Å². The van der Waals surface area contributed by atoms with Crippen molar-refractivity contribution < 1.29 is 9.15 Å². The molecule has 0 saturated carbocycles. The van der Waals surface area contributed by atoms with Gasteiger partial charge in [-0.25, -0.2) is 0 Å². The summed E-state index contributed by atoms with van der Waals surface area (Å²) >= 11 is 0. The van der Waals surface area contributed by atoms with E-state index in [1.54, 1.807) is 6.26 Å². The maximum Gasteiger partial charge on any atom is 0.122 e. The second-order valence-corrected chi connectivity index (χ2v) is 5.18. The molecule has 4 heteroatoms. The van der Waals surface area contributed by atoms with Crippen molar-refractivity contribution in [2.24, 2.45) is 5.92 Å². The number of hydrogen-bond acceptors (Lipinski definition) is 4. The van der Waals surface area contributed by atoms with Crippen molar-refractivity contribution in [3.63, 3.8) is 0 Å². The second-order valence-electron chi connectivity index (χ2n) is 5.18. The van der Waals surface area contributed by atoms with Gasteiger partial charge in [0.05, 0.1) is 19.4 Å². The van der Waals surface area contributed by atoms with Gasteiger partial charge >= 0.3 is 0 Å². The highest BCUT2D eigenvalue weighted by atomic mass is 16.5. The molecule has 1 aliphatic rings. The molecule has 1 aliphatic heterocycles. The van der Waals surface area contributed by atoms with Crippen molar-refractivity contribution in [2.75, 3.05) is 33.9 Å². The van der Waals surface area contributed by atoms with Crippen LogP contribution in [0.4, 0.5) is 0 Å². The Morgan fingerprint density at radius 3 is 3.11 bits per heavy atom. The summed E-state index contributed by atoms with van der Waals surface area (Å²) in [6.45, 7) is 4.70. The van der Waals surface area contributed by atoms with E-state index in [1.807, 2.05) is 7.05 Å². The number of nitrogens with zero attached hydrogens (tertiary/aromatic N) is 1. The Balaban J connectivity index is 1.82. The second kappa shape index (κ2) is 6.92. The molecule has 102 valence electrons. The van der Waals surface area contributed by atoms with E-state index in [1.165, 1.54) is 18.4 Å². The molecule has 18 heavy (non-hydrogen) atoms. The Bertz CT molecular complexity index is 345. The number of hydrogen-bond donors (Lipinski definition) is 1. The molecule has 0 spiro atoms. The van der Waals surface area contributed by atoms with Gasteiger partial charge in [-0.3, -0.25) is 0 Å². The molecule has 1 aromatic rings. The van der Waals surface area contributed by atoms with Crippen molar-refractivity contribution in [2.45, 2.75) is 25.9 Å². The number of nitrogens with one attached hydrogen (secondary N) is 1. The molecule has 2 rings (SSSR count). The van der Waals surface area contributed by atoms with E-state index in [9.17, 15) is 0 Å². The third-order valence-corrected chi connectivity index (χ3v) is 3.44. The Morgan fingerprint density at radius 1 is 1.50 bits per heavy atom. The Kier molecular flexibility index (Phi) is 5.23. The third-order valence-electron chi connectivity index (χ3n) is 3.44. The summed E-state index contributed by atoms with van der Waals surface area (Å²) in [5.74, 6) is 1.73. The maximum absolute atomic E-state index is 5.53. The molecular formula is C14H24N2O2. The van der Waals surface area contributed by atoms with E-state index in [-0.39, 0.29) is 0 Å². The molecule has 4 nitrogen and oxygen atoms in total. The minimum atomic E-state index is 0.684. The van der Waals surface area contributed by atoms with Crippen molar-refractivity contribution in [1.82, 2.24) is 10.2 Å². The van der Waals surface area contributed by atoms with Gasteiger partial charge in [0.1, 0.15) is 5.76 Å². The van der Waals surface area contributed by atoms with Gasteiger partial charge in [0, 0.05) is 25.3 Å². The zero-order chi connectivity index (χ0) is 12.8. The van der Waals surface area contributed by atoms with Gasteiger partial charge in [0.15, 0.2) is 0 Å². The zero-order valence-corrected chi connectivity index (χ0v) is 11.4. The number of ether oxygens (including phenoxy) is 1. The predicted molar refractivity (Wildman–Crippen MR) is 71.3 cm³/mol. The normalized spacial score (nSPS) is 20.5. The summed E-state index contributed by atoms with van der Waals surface area (Å²) in [5.41, 5.74) is 1.28. The van der Waals surface area contributed by atoms with Gasteiger partial charge in [0.2, 0.25) is 0 Å². The molecule has 1 saturated heterocycles. The first-order valence-corrected chi connectivity index (χ1v) is 6.75. The number of rotatable bonds is 6. The lowest BCUT2D eigenvalue weighted by Gasteiger charge is -2.27. The van der Waals surface area contributed by atoms with Crippen LogP contribution in [0.25, 0.3) is 0 Å². The predicted octanol–water partition coefficient (Wildman–Crippen LogP) is 1.86. The third kappa shape index (κ3) is 3.83. The Labute approximate surface area is 109 Å². The van der Waals surface area contributed by atoms with Crippen molar-refractivity contribution in [3.8, 4) is 0 Å². The fourth-order valence-electron chi connectivity index (χ4n) is 2.57. The Morgan fingerprint density at radius 2 is 2.39 bits per heavy atom. The van der Waals surface area contributed by atoms with E-state index >= 15 is 0 Å². The van der Waals surface area contributed by atoms with Crippen molar-refractivity contribution in [3.05, 3.63) is 23.7 Å². The minimum absolute atomic E-state index is 0.684. The quantitative estimate of drug-likeness (QED) is 0.838. The zero-order valence-electron chi connectivity index (χ0n) is 11.4. The fourth-order valence-corrected chi connectivity index (χ4v) is 2.57. The van der Waals surface area contributed by atoms with Crippen LogP contribution in [-0.4, -0.2) is 38.8 Å². The summed E-state index contributed by atoms with van der Waals surface area (Å²) in [4.78, 5) is 2.36. The first-order chi connectivity index (χ1) is 8.79. The lowest BCUT2D eigenvalue weighted by molar-refractivity contribution is 0.0411. The summed E-state index contributed by atoms with van der Waals surface area (Å²) < 4.78 is 11.0. The van der Waals surface area contributed by atoms with Crippen molar-refractivity contribution in [1.29, 1.82) is 0 Å². The first-order valence-electron chi connectivity index (χ1n) is 6.75. The molecule has 1 atom stereocenters. The molecule has 2 heterocycles. The number of furan rings is 1. The molecule has 1 N–H and O–H groups in total. The van der Waals surface area contributed by atoms with Gasteiger partial charge in [-0.1, -0.05) is 0 Å². The molecule has 0 bridgehead atoms. The van der Waals surface area contributed by atoms with Gasteiger partial charge in [-0.2, -0.15) is 0 Å². The van der Waals surface area contributed by atoms with Gasteiger partial charge < -0.3 is 19.4 Å². The Hall–Kier alpha value is -0.840. The molecular weight excluding hydrogens is 228 g/mol. The highest BCUT2D eigenvalue weighted by molar-refractivity contribution is 5.16. The van der Waals surface area contributed by atoms with E-state index in [0.29, 0.717) is 5.92 Å². The summed E-state index contributed by atoms with van der Waals surface area (Å²) in [6, 6.07) is 2.07. The smallest absolute Gasteiger partial charge is 0.122 e. The van der Waals surface area contributed by atoms with Crippen LogP contribution in [-0.2, 0) is 17.8 Å². The SMILES string of the molecule is CNCc1occc1CN(C)CC1CCCOC1. The standard InChI is InChI=1S/C14H24N2O2/c1-15-8-14-13(5-7-18-14)10-16(2)9-12-4-3-6-17-11-12/h5,7,12,15H,3-4,6,8-11H2,1-2H3. The van der Waals surface area contributed by atoms with Crippen LogP contribution < -0.4 is 5.32 Å². The molecule has 1 aromatic heterocycles. The molecule has 0 aromatic carbocycles. The largest absolute Gasteiger partial charge is 0.468 e. The van der Waals surface area contributed by atoms with E-state index in [2.05, 4.69) is 23.3 Å². The van der Waals surface area contributed by atoms with Gasteiger partial charge in [-0.05, 0) is 38.9 Å². The maximum atomic E-state index is 5.53. The molecule has 1 unspecified atom stereocenters. The summed E-state index contributed by atoms with van der Waals surface area (Å²) in [5, 5.41) is 3.13. The van der Waals surface area contributed by atoms with Gasteiger partial charge in [-0.15, -0.1) is 0 Å². The molecule has 0 amide bonds. The monoisotopic (exact) mass is 252 g/mol. The molecule has 1 fully saturated rings. The van der Waals surface area contributed by atoms with Crippen LogP contribution in [0.1, 0.15) is 24.2 Å². The first kappa shape index (κ1) is 13.6. The van der Waals surface area contributed by atoms with E-state index in [4.69, 9.17) is 9.15 Å². The van der Waals surface area contributed by atoms with Crippen LogP contribution in [0.5, 0.6) is 0 Å². The average Bonchev–Trinajstić information content (AvgIpc) is 2.78. The van der Waals surface area contributed by atoms with E-state index in [0.717, 1.165) is 38.6 Å².